The number of hydrogen-bond acceptors (Lipinski definition) is 4. The van der Waals surface area contributed by atoms with Gasteiger partial charge in [0.05, 0.1) is 6.54 Å². The van der Waals surface area contributed by atoms with Crippen LogP contribution in [0.3, 0.4) is 0 Å². The summed E-state index contributed by atoms with van der Waals surface area (Å²) in [5.41, 5.74) is -0.236. The third-order valence-electron chi connectivity index (χ3n) is 2.38. The minimum Gasteiger partial charge on any atom is -0.301 e. The molecule has 16 heavy (non-hydrogen) atoms. The Morgan fingerprint density at radius 1 is 1.44 bits per heavy atom. The van der Waals surface area contributed by atoms with Crippen molar-refractivity contribution in [1.82, 2.24) is 19.7 Å². The molecule has 0 saturated carbocycles. The molecule has 0 fully saturated rings. The lowest BCUT2D eigenvalue weighted by Gasteiger charge is -2.00. The average Bonchev–Trinajstić information content (AvgIpc) is 2.68. The van der Waals surface area contributed by atoms with Crippen LogP contribution < -0.4 is 11.2 Å². The van der Waals surface area contributed by atoms with E-state index in [4.69, 9.17) is 0 Å². The number of hydrogen-bond donors (Lipinski definition) is 2. The van der Waals surface area contributed by atoms with Crippen molar-refractivity contribution in [3.8, 4) is 0 Å². The van der Waals surface area contributed by atoms with Gasteiger partial charge in [-0.2, -0.15) is 5.10 Å². The summed E-state index contributed by atoms with van der Waals surface area (Å²) in [6, 6.07) is 0. The first-order valence-corrected chi connectivity index (χ1v) is 4.82. The number of fused-ring (bicyclic) bond motifs is 1. The van der Waals surface area contributed by atoms with Gasteiger partial charge in [-0.15, -0.1) is 0 Å². The Morgan fingerprint density at radius 2 is 2.19 bits per heavy atom. The predicted octanol–water partition coefficient (Wildman–Crippen LogP) is -0.826. The monoisotopic (exact) mass is 222 g/mol. The molecule has 0 aliphatic heterocycles. The Kier molecular flexibility index (Phi) is 2.43. The van der Waals surface area contributed by atoms with Crippen LogP contribution in [0.25, 0.3) is 11.0 Å². The van der Waals surface area contributed by atoms with Gasteiger partial charge in [0.25, 0.3) is 5.56 Å². The number of nitrogens with one attached hydrogen (secondary N) is 2. The third kappa shape index (κ3) is 1.37. The Balaban J connectivity index is 2.91. The van der Waals surface area contributed by atoms with E-state index in [0.717, 1.165) is 4.57 Å². The molecule has 7 nitrogen and oxygen atoms in total. The van der Waals surface area contributed by atoms with Gasteiger partial charge in [-0.25, -0.2) is 4.79 Å². The molecule has 2 aromatic heterocycles. The molecule has 0 unspecified atom stereocenters. The number of carbonyl (C=O) groups is 1. The average molecular weight is 222 g/mol. The first kappa shape index (κ1) is 10.3. The van der Waals surface area contributed by atoms with Gasteiger partial charge in [0.15, 0.2) is 5.65 Å². The Labute approximate surface area is 89.1 Å². The highest BCUT2D eigenvalue weighted by atomic mass is 16.2. The van der Waals surface area contributed by atoms with E-state index < -0.39 is 11.2 Å². The van der Waals surface area contributed by atoms with Crippen LogP contribution in [-0.2, 0) is 17.8 Å². The van der Waals surface area contributed by atoms with Gasteiger partial charge >= 0.3 is 5.69 Å². The van der Waals surface area contributed by atoms with E-state index in [-0.39, 0.29) is 12.2 Å². The van der Waals surface area contributed by atoms with Crippen molar-refractivity contribution in [1.29, 1.82) is 0 Å². The molecule has 2 aromatic rings. The van der Waals surface area contributed by atoms with Gasteiger partial charge in [-0.1, -0.05) is 6.92 Å². The van der Waals surface area contributed by atoms with E-state index in [9.17, 15) is 14.4 Å². The fourth-order valence-electron chi connectivity index (χ4n) is 1.62. The van der Waals surface area contributed by atoms with Crippen LogP contribution in [0.1, 0.15) is 12.6 Å². The van der Waals surface area contributed by atoms with Crippen LogP contribution in [0.2, 0.25) is 0 Å². The fourth-order valence-corrected chi connectivity index (χ4v) is 1.62. The van der Waals surface area contributed by atoms with Gasteiger partial charge in [-0.05, 0) is 6.42 Å². The summed E-state index contributed by atoms with van der Waals surface area (Å²) >= 11 is 0. The molecule has 0 bridgehead atoms. The standard InChI is InChI=1S/C9H10N4O3/c1-2-5-6-7(12-11-5)13(3-4-14)9(16)10-8(6)15/h4H,2-3H2,1H3,(H,11,12)(H,10,15,16). The quantitative estimate of drug-likeness (QED) is 0.662. The maximum Gasteiger partial charge on any atom is 0.330 e. The van der Waals surface area contributed by atoms with Crippen LogP contribution >= 0.6 is 0 Å². The summed E-state index contributed by atoms with van der Waals surface area (Å²) < 4.78 is 1.12. The van der Waals surface area contributed by atoms with E-state index in [1.54, 1.807) is 0 Å². The SMILES string of the molecule is CCc1[nH]nc2c1c(=O)[nH]c(=O)n2CC=O. The summed E-state index contributed by atoms with van der Waals surface area (Å²) in [6.45, 7) is 1.74. The van der Waals surface area contributed by atoms with Crippen LogP contribution in [0.4, 0.5) is 0 Å². The molecule has 0 amide bonds. The molecule has 0 aliphatic rings. The molecule has 2 rings (SSSR count). The number of aromatic amines is 2. The second-order valence-corrected chi connectivity index (χ2v) is 3.29. The van der Waals surface area contributed by atoms with Crippen LogP contribution in [0, 0.1) is 0 Å². The molecular formula is C9H10N4O3. The minimum absolute atomic E-state index is 0.125. The van der Waals surface area contributed by atoms with Crippen molar-refractivity contribution in [2.75, 3.05) is 0 Å². The van der Waals surface area contributed by atoms with E-state index in [1.807, 2.05) is 6.92 Å². The van der Waals surface area contributed by atoms with Gasteiger partial charge in [-0.3, -0.25) is 19.4 Å². The second-order valence-electron chi connectivity index (χ2n) is 3.29. The molecule has 0 spiro atoms. The lowest BCUT2D eigenvalue weighted by atomic mass is 10.2. The maximum absolute atomic E-state index is 11.6. The largest absolute Gasteiger partial charge is 0.330 e. The van der Waals surface area contributed by atoms with Crippen molar-refractivity contribution in [2.24, 2.45) is 0 Å². The molecule has 0 aromatic carbocycles. The van der Waals surface area contributed by atoms with Crippen molar-refractivity contribution in [3.63, 3.8) is 0 Å². The molecule has 0 radical (unpaired) electrons. The number of aryl methyl sites for hydroxylation is 1. The first-order valence-electron chi connectivity index (χ1n) is 4.82. The summed E-state index contributed by atoms with van der Waals surface area (Å²) in [7, 11) is 0. The zero-order valence-corrected chi connectivity index (χ0v) is 8.61. The number of aldehydes is 1. The normalized spacial score (nSPS) is 10.8. The van der Waals surface area contributed by atoms with Crippen molar-refractivity contribution in [3.05, 3.63) is 26.5 Å². The highest BCUT2D eigenvalue weighted by Gasteiger charge is 2.13. The van der Waals surface area contributed by atoms with Gasteiger partial charge < -0.3 is 4.79 Å². The van der Waals surface area contributed by atoms with E-state index in [2.05, 4.69) is 15.2 Å². The number of nitrogens with zero attached hydrogens (tertiary/aromatic N) is 2. The van der Waals surface area contributed by atoms with Gasteiger partial charge in [0.1, 0.15) is 11.7 Å². The minimum atomic E-state index is -0.626. The molecular weight excluding hydrogens is 212 g/mol. The third-order valence-corrected chi connectivity index (χ3v) is 2.38. The van der Waals surface area contributed by atoms with Crippen LogP contribution in [0.5, 0.6) is 0 Å². The summed E-state index contributed by atoms with van der Waals surface area (Å²) in [4.78, 5) is 35.6. The lowest BCUT2D eigenvalue weighted by molar-refractivity contribution is -0.108. The molecule has 2 heterocycles. The molecule has 0 aliphatic carbocycles. The highest BCUT2D eigenvalue weighted by molar-refractivity contribution is 5.77. The van der Waals surface area contributed by atoms with Crippen molar-refractivity contribution >= 4 is 17.3 Å². The van der Waals surface area contributed by atoms with Gasteiger partial charge in [0.2, 0.25) is 0 Å². The highest BCUT2D eigenvalue weighted by Crippen LogP contribution is 2.09. The number of rotatable bonds is 3. The molecule has 84 valence electrons. The summed E-state index contributed by atoms with van der Waals surface area (Å²) in [6.07, 6.45) is 1.18. The van der Waals surface area contributed by atoms with Crippen LogP contribution in [0.15, 0.2) is 9.59 Å². The van der Waals surface area contributed by atoms with E-state index in [0.29, 0.717) is 23.8 Å². The van der Waals surface area contributed by atoms with Crippen molar-refractivity contribution < 1.29 is 4.79 Å². The number of aromatic nitrogens is 4. The summed E-state index contributed by atoms with van der Waals surface area (Å²) in [5, 5.41) is 6.91. The lowest BCUT2D eigenvalue weighted by Crippen LogP contribution is -2.30. The Bertz CT molecular complexity index is 649. The molecule has 7 heteroatoms. The Morgan fingerprint density at radius 3 is 2.81 bits per heavy atom. The zero-order valence-electron chi connectivity index (χ0n) is 8.61. The van der Waals surface area contributed by atoms with Crippen LogP contribution in [-0.4, -0.2) is 26.0 Å². The predicted molar refractivity (Wildman–Crippen MR) is 56.4 cm³/mol. The molecule has 0 atom stereocenters. The number of carbonyl (C=O) groups excluding carboxylic acids is 1. The Hall–Kier alpha value is -2.18. The second kappa shape index (κ2) is 3.76. The topological polar surface area (TPSA) is 101 Å². The van der Waals surface area contributed by atoms with Gasteiger partial charge in [0, 0.05) is 5.69 Å². The van der Waals surface area contributed by atoms with Crippen molar-refractivity contribution in [2.45, 2.75) is 19.9 Å². The fraction of sp³-hybridized carbons (Fsp3) is 0.333. The van der Waals surface area contributed by atoms with E-state index >= 15 is 0 Å². The van der Waals surface area contributed by atoms with E-state index in [1.165, 1.54) is 0 Å². The smallest absolute Gasteiger partial charge is 0.301 e. The molecule has 0 saturated heterocycles. The molecule has 2 N–H and O–H groups in total. The zero-order chi connectivity index (χ0) is 11.7. The first-order chi connectivity index (χ1) is 7.69. The number of H-pyrrole nitrogens is 2. The summed E-state index contributed by atoms with van der Waals surface area (Å²) in [5.74, 6) is 0. The maximum atomic E-state index is 11.6.